The van der Waals surface area contributed by atoms with Gasteiger partial charge in [0.25, 0.3) is 5.91 Å². The van der Waals surface area contributed by atoms with E-state index in [4.69, 9.17) is 9.47 Å². The molecule has 2 aliphatic heterocycles. The molecule has 6 rings (SSSR count). The molecule has 204 valence electrons. The van der Waals surface area contributed by atoms with Gasteiger partial charge in [0, 0.05) is 41.1 Å². The fourth-order valence-corrected chi connectivity index (χ4v) is 7.04. The summed E-state index contributed by atoms with van der Waals surface area (Å²) < 4.78 is 11.3. The van der Waals surface area contributed by atoms with Crippen molar-refractivity contribution in [3.8, 4) is 5.75 Å². The van der Waals surface area contributed by atoms with E-state index in [-0.39, 0.29) is 30.1 Å². The highest BCUT2D eigenvalue weighted by atomic mass is 32.2. The Kier molecular flexibility index (Phi) is 7.78. The Morgan fingerprint density at radius 2 is 1.50 bits per heavy atom. The Morgan fingerprint density at radius 1 is 0.825 bits per heavy atom. The number of amides is 1. The second kappa shape index (κ2) is 11.8. The van der Waals surface area contributed by atoms with E-state index in [9.17, 15) is 9.59 Å². The monoisotopic (exact) mass is 551 g/mol. The second-order valence-corrected chi connectivity index (χ2v) is 11.5. The van der Waals surface area contributed by atoms with Crippen molar-refractivity contribution in [2.45, 2.75) is 61.4 Å². The molecule has 40 heavy (non-hydrogen) atoms. The van der Waals surface area contributed by atoms with E-state index in [0.29, 0.717) is 12.2 Å². The molecule has 2 heterocycles. The lowest BCUT2D eigenvalue weighted by Crippen LogP contribution is -2.49. The summed E-state index contributed by atoms with van der Waals surface area (Å²) in [4.78, 5) is 28.8. The van der Waals surface area contributed by atoms with Crippen molar-refractivity contribution in [3.63, 3.8) is 0 Å². The number of rotatable bonds is 8. The van der Waals surface area contributed by atoms with Crippen LogP contribution in [-0.4, -0.2) is 41.6 Å². The standard InChI is InChI=1S/C34H33NO4S/c1-2-38-34(37)26-14-18-29(19-15-26)39-30-20-27-16-17-28(21-30)35(27)33(36)25-12-10-23(11-13-25)22-40-32-9-5-7-24-6-3-4-8-31(24)32/h3-15,18-19,27-28,30H,2,16-17,20-22H2,1H3. The molecule has 0 N–H and O–H groups in total. The number of carbonyl (C=O) groups excluding carboxylic acids is 2. The number of esters is 1. The van der Waals surface area contributed by atoms with Gasteiger partial charge in [-0.25, -0.2) is 4.79 Å². The summed E-state index contributed by atoms with van der Waals surface area (Å²) in [7, 11) is 0. The van der Waals surface area contributed by atoms with E-state index in [2.05, 4.69) is 59.5 Å². The van der Waals surface area contributed by atoms with Crippen LogP contribution in [0.1, 0.15) is 58.9 Å². The molecule has 1 amide bonds. The first-order chi connectivity index (χ1) is 19.6. The Balaban J connectivity index is 1.06. The maximum absolute atomic E-state index is 13.6. The molecule has 5 nitrogen and oxygen atoms in total. The SMILES string of the molecule is CCOC(=O)c1ccc(OC2CC3CCC(C2)N3C(=O)c2ccc(CSc3cccc4ccccc34)cc2)cc1. The minimum Gasteiger partial charge on any atom is -0.490 e. The zero-order chi connectivity index (χ0) is 27.5. The van der Waals surface area contributed by atoms with Crippen molar-refractivity contribution < 1.29 is 19.1 Å². The fourth-order valence-electron chi connectivity index (χ4n) is 6.01. The quantitative estimate of drug-likeness (QED) is 0.167. The lowest BCUT2D eigenvalue weighted by atomic mass is 9.98. The molecule has 4 aromatic carbocycles. The Labute approximate surface area is 239 Å². The maximum Gasteiger partial charge on any atom is 0.338 e. The number of carbonyl (C=O) groups is 2. The molecule has 2 bridgehead atoms. The zero-order valence-electron chi connectivity index (χ0n) is 22.6. The summed E-state index contributed by atoms with van der Waals surface area (Å²) in [5.41, 5.74) is 2.48. The highest BCUT2D eigenvalue weighted by Gasteiger charge is 2.44. The van der Waals surface area contributed by atoms with Crippen LogP contribution >= 0.6 is 11.8 Å². The van der Waals surface area contributed by atoms with E-state index in [1.54, 1.807) is 19.1 Å². The van der Waals surface area contributed by atoms with Crippen molar-refractivity contribution >= 4 is 34.4 Å². The number of piperidine rings is 1. The smallest absolute Gasteiger partial charge is 0.338 e. The van der Waals surface area contributed by atoms with Crippen molar-refractivity contribution in [2.24, 2.45) is 0 Å². The highest BCUT2D eigenvalue weighted by molar-refractivity contribution is 7.98. The summed E-state index contributed by atoms with van der Waals surface area (Å²) in [6.45, 7) is 2.15. The molecule has 2 aliphatic rings. The first-order valence-corrected chi connectivity index (χ1v) is 15.0. The largest absolute Gasteiger partial charge is 0.490 e. The number of hydrogen-bond donors (Lipinski definition) is 0. The van der Waals surface area contributed by atoms with E-state index < -0.39 is 0 Å². The second-order valence-electron chi connectivity index (χ2n) is 10.5. The number of benzene rings is 4. The van der Waals surface area contributed by atoms with Crippen LogP contribution in [0.3, 0.4) is 0 Å². The first kappa shape index (κ1) is 26.5. The lowest BCUT2D eigenvalue weighted by Gasteiger charge is -2.39. The highest BCUT2D eigenvalue weighted by Crippen LogP contribution is 2.38. The molecule has 4 aromatic rings. The number of hydrogen-bond acceptors (Lipinski definition) is 5. The average Bonchev–Trinajstić information content (AvgIpc) is 3.26. The maximum atomic E-state index is 13.6. The molecular formula is C34H33NO4S. The van der Waals surface area contributed by atoms with Gasteiger partial charge in [0.15, 0.2) is 0 Å². The van der Waals surface area contributed by atoms with Crippen LogP contribution in [0.15, 0.2) is 95.9 Å². The molecule has 2 fully saturated rings. The zero-order valence-corrected chi connectivity index (χ0v) is 23.4. The van der Waals surface area contributed by atoms with Crippen molar-refractivity contribution in [1.82, 2.24) is 4.90 Å². The Morgan fingerprint density at radius 3 is 2.23 bits per heavy atom. The number of thioether (sulfide) groups is 1. The Hall–Kier alpha value is -3.77. The lowest BCUT2D eigenvalue weighted by molar-refractivity contribution is 0.0359. The van der Waals surface area contributed by atoms with Crippen LogP contribution in [0.2, 0.25) is 0 Å². The van der Waals surface area contributed by atoms with Gasteiger partial charge < -0.3 is 14.4 Å². The summed E-state index contributed by atoms with van der Waals surface area (Å²) in [6.07, 6.45) is 3.72. The third-order valence-electron chi connectivity index (χ3n) is 7.94. The Bertz CT molecular complexity index is 1480. The molecule has 0 radical (unpaired) electrons. The minimum absolute atomic E-state index is 0.0588. The topological polar surface area (TPSA) is 55.8 Å². The summed E-state index contributed by atoms with van der Waals surface area (Å²) in [5.74, 6) is 1.40. The summed E-state index contributed by atoms with van der Waals surface area (Å²) in [6, 6.07) is 30.5. The van der Waals surface area contributed by atoms with Gasteiger partial charge in [-0.3, -0.25) is 4.79 Å². The van der Waals surface area contributed by atoms with Crippen LogP contribution in [0.25, 0.3) is 10.8 Å². The van der Waals surface area contributed by atoms with Crippen molar-refractivity contribution in [3.05, 3.63) is 108 Å². The van der Waals surface area contributed by atoms with E-state index >= 15 is 0 Å². The van der Waals surface area contributed by atoms with Crippen LogP contribution in [0, 0.1) is 0 Å². The van der Waals surface area contributed by atoms with Crippen molar-refractivity contribution in [2.75, 3.05) is 6.61 Å². The van der Waals surface area contributed by atoms with Gasteiger partial charge in [-0.05, 0) is 78.6 Å². The van der Waals surface area contributed by atoms with Crippen LogP contribution in [0.5, 0.6) is 5.75 Å². The van der Waals surface area contributed by atoms with E-state index in [1.807, 2.05) is 36.0 Å². The normalized spacial score (nSPS) is 19.9. The number of ether oxygens (including phenoxy) is 2. The van der Waals surface area contributed by atoms with Crippen LogP contribution in [-0.2, 0) is 10.5 Å². The molecule has 0 spiro atoms. The van der Waals surface area contributed by atoms with Crippen LogP contribution in [0.4, 0.5) is 0 Å². The van der Waals surface area contributed by atoms with Crippen LogP contribution < -0.4 is 4.74 Å². The first-order valence-electron chi connectivity index (χ1n) is 14.0. The molecule has 2 unspecified atom stereocenters. The molecule has 2 atom stereocenters. The third kappa shape index (κ3) is 5.59. The third-order valence-corrected chi connectivity index (χ3v) is 9.08. The molecular weight excluding hydrogens is 518 g/mol. The predicted molar refractivity (Wildman–Crippen MR) is 159 cm³/mol. The van der Waals surface area contributed by atoms with Gasteiger partial charge in [-0.1, -0.05) is 48.5 Å². The molecule has 0 aliphatic carbocycles. The van der Waals surface area contributed by atoms with Gasteiger partial charge in [-0.2, -0.15) is 0 Å². The van der Waals surface area contributed by atoms with E-state index in [0.717, 1.165) is 42.7 Å². The average molecular weight is 552 g/mol. The fraction of sp³-hybridized carbons (Fsp3) is 0.294. The predicted octanol–water partition coefficient (Wildman–Crippen LogP) is 7.52. The van der Waals surface area contributed by atoms with Gasteiger partial charge in [0.05, 0.1) is 12.2 Å². The summed E-state index contributed by atoms with van der Waals surface area (Å²) >= 11 is 1.83. The molecule has 0 aromatic heterocycles. The molecule has 0 saturated carbocycles. The van der Waals surface area contributed by atoms with E-state index in [1.165, 1.54) is 21.2 Å². The van der Waals surface area contributed by atoms with Gasteiger partial charge in [-0.15, -0.1) is 11.8 Å². The minimum atomic E-state index is -0.324. The summed E-state index contributed by atoms with van der Waals surface area (Å²) in [5, 5.41) is 2.53. The van der Waals surface area contributed by atoms with Crippen molar-refractivity contribution in [1.29, 1.82) is 0 Å². The molecule has 6 heteroatoms. The molecule has 2 saturated heterocycles. The van der Waals surface area contributed by atoms with Gasteiger partial charge in [0.2, 0.25) is 0 Å². The van der Waals surface area contributed by atoms with Gasteiger partial charge in [0.1, 0.15) is 11.9 Å². The van der Waals surface area contributed by atoms with Gasteiger partial charge >= 0.3 is 5.97 Å². The number of fused-ring (bicyclic) bond motifs is 3. The number of nitrogens with zero attached hydrogens (tertiary/aromatic N) is 1.